The Kier molecular flexibility index (Phi) is 5.45. The summed E-state index contributed by atoms with van der Waals surface area (Å²) in [5.74, 6) is 0.833. The Hall–Kier alpha value is -0.360. The Bertz CT molecular complexity index is 517. The lowest BCUT2D eigenvalue weighted by molar-refractivity contribution is 0.302. The molecule has 19 heavy (non-hydrogen) atoms. The van der Waals surface area contributed by atoms with Crippen molar-refractivity contribution < 1.29 is 4.74 Å². The summed E-state index contributed by atoms with van der Waals surface area (Å²) in [4.78, 5) is 0. The first-order valence-electron chi connectivity index (χ1n) is 5.93. The summed E-state index contributed by atoms with van der Waals surface area (Å²) in [6.45, 7) is 2.58. The van der Waals surface area contributed by atoms with Gasteiger partial charge in [-0.2, -0.15) is 11.3 Å². The molecule has 0 bridgehead atoms. The fourth-order valence-corrected chi connectivity index (χ4v) is 3.93. The van der Waals surface area contributed by atoms with E-state index >= 15 is 0 Å². The van der Waals surface area contributed by atoms with E-state index in [1.807, 2.05) is 6.92 Å². The van der Waals surface area contributed by atoms with E-state index in [1.54, 1.807) is 11.3 Å². The molecule has 0 amide bonds. The van der Waals surface area contributed by atoms with Gasteiger partial charge in [0.25, 0.3) is 0 Å². The van der Waals surface area contributed by atoms with Crippen LogP contribution in [-0.2, 0) is 13.0 Å². The molecular weight excluding hydrogens is 390 g/mol. The summed E-state index contributed by atoms with van der Waals surface area (Å²) in [5, 5.41) is 4.14. The lowest BCUT2D eigenvalue weighted by atomic mass is 10.1. The fraction of sp³-hybridized carbons (Fsp3) is 0.286. The van der Waals surface area contributed by atoms with Crippen LogP contribution >= 0.6 is 43.2 Å². The molecule has 2 aromatic rings. The molecule has 1 unspecified atom stereocenters. The quantitative estimate of drug-likeness (QED) is 0.780. The second kappa shape index (κ2) is 6.88. The summed E-state index contributed by atoms with van der Waals surface area (Å²) in [6.07, 6.45) is 0.849. The van der Waals surface area contributed by atoms with Crippen molar-refractivity contribution in [3.05, 3.63) is 49.0 Å². The van der Waals surface area contributed by atoms with E-state index in [2.05, 4.69) is 60.8 Å². The minimum Gasteiger partial charge on any atom is -0.487 e. The smallest absolute Gasteiger partial charge is 0.148 e. The zero-order valence-electron chi connectivity index (χ0n) is 10.5. The van der Waals surface area contributed by atoms with E-state index in [1.165, 1.54) is 11.1 Å². The van der Waals surface area contributed by atoms with Gasteiger partial charge in [0.15, 0.2) is 0 Å². The van der Waals surface area contributed by atoms with Crippen molar-refractivity contribution in [2.45, 2.75) is 26.0 Å². The van der Waals surface area contributed by atoms with Crippen LogP contribution in [0.25, 0.3) is 0 Å². The molecule has 102 valence electrons. The SMILES string of the molecule is CC(N)Cc1cc(Br)c(OCc2ccsc2)c(Br)c1. The first kappa shape index (κ1) is 15.0. The first-order chi connectivity index (χ1) is 9.06. The molecule has 0 aliphatic carbocycles. The highest BCUT2D eigenvalue weighted by Gasteiger charge is 2.10. The second-order valence-corrected chi connectivity index (χ2v) is 6.98. The minimum atomic E-state index is 0.149. The Morgan fingerprint density at radius 2 is 1.95 bits per heavy atom. The van der Waals surface area contributed by atoms with Crippen LogP contribution in [0.2, 0.25) is 0 Å². The predicted octanol–water partition coefficient (Wildman–Crippen LogP) is 4.74. The number of benzene rings is 1. The van der Waals surface area contributed by atoms with Crippen molar-refractivity contribution in [3.63, 3.8) is 0 Å². The molecule has 1 aromatic heterocycles. The summed E-state index contributed by atoms with van der Waals surface area (Å²) in [7, 11) is 0. The van der Waals surface area contributed by atoms with Crippen LogP contribution in [0.5, 0.6) is 5.75 Å². The zero-order chi connectivity index (χ0) is 13.8. The number of hydrogen-bond donors (Lipinski definition) is 1. The van der Waals surface area contributed by atoms with E-state index in [-0.39, 0.29) is 6.04 Å². The van der Waals surface area contributed by atoms with Crippen molar-refractivity contribution in [2.75, 3.05) is 0 Å². The molecule has 0 saturated carbocycles. The largest absolute Gasteiger partial charge is 0.487 e. The van der Waals surface area contributed by atoms with Gasteiger partial charge in [0, 0.05) is 6.04 Å². The molecule has 0 radical (unpaired) electrons. The number of ether oxygens (including phenoxy) is 1. The Balaban J connectivity index is 2.12. The molecule has 0 spiro atoms. The average molecular weight is 405 g/mol. The number of thiophene rings is 1. The molecule has 0 aliphatic rings. The van der Waals surface area contributed by atoms with Gasteiger partial charge in [0.05, 0.1) is 8.95 Å². The second-order valence-electron chi connectivity index (χ2n) is 4.49. The maximum Gasteiger partial charge on any atom is 0.148 e. The molecular formula is C14H15Br2NOS. The van der Waals surface area contributed by atoms with Crippen molar-refractivity contribution in [1.82, 2.24) is 0 Å². The first-order valence-corrected chi connectivity index (χ1v) is 8.46. The van der Waals surface area contributed by atoms with Gasteiger partial charge < -0.3 is 10.5 Å². The van der Waals surface area contributed by atoms with Crippen molar-refractivity contribution >= 4 is 43.2 Å². The summed E-state index contributed by atoms with van der Waals surface area (Å²) < 4.78 is 7.76. The van der Waals surface area contributed by atoms with Crippen LogP contribution in [0.3, 0.4) is 0 Å². The van der Waals surface area contributed by atoms with Crippen LogP contribution < -0.4 is 10.5 Å². The Labute approximate surface area is 134 Å². The van der Waals surface area contributed by atoms with Crippen molar-refractivity contribution in [2.24, 2.45) is 5.73 Å². The van der Waals surface area contributed by atoms with E-state index in [4.69, 9.17) is 10.5 Å². The Morgan fingerprint density at radius 1 is 1.26 bits per heavy atom. The van der Waals surface area contributed by atoms with Gasteiger partial charge in [-0.15, -0.1) is 0 Å². The summed E-state index contributed by atoms with van der Waals surface area (Å²) >= 11 is 8.79. The monoisotopic (exact) mass is 403 g/mol. The topological polar surface area (TPSA) is 35.2 Å². The van der Waals surface area contributed by atoms with Gasteiger partial charge in [-0.25, -0.2) is 0 Å². The maximum absolute atomic E-state index is 5.85. The normalized spacial score (nSPS) is 12.4. The Morgan fingerprint density at radius 3 is 2.47 bits per heavy atom. The molecule has 0 saturated heterocycles. The van der Waals surface area contributed by atoms with Gasteiger partial charge in [-0.05, 0) is 85.3 Å². The standard InChI is InChI=1S/C14H15Br2NOS/c1-9(17)4-11-5-12(15)14(13(16)6-11)18-7-10-2-3-19-8-10/h2-3,5-6,8-9H,4,7,17H2,1H3. The highest BCUT2D eigenvalue weighted by molar-refractivity contribution is 9.11. The maximum atomic E-state index is 5.85. The molecule has 1 atom stereocenters. The third kappa shape index (κ3) is 4.31. The average Bonchev–Trinajstić information content (AvgIpc) is 2.79. The summed E-state index contributed by atoms with van der Waals surface area (Å²) in [5.41, 5.74) is 8.20. The van der Waals surface area contributed by atoms with Crippen LogP contribution in [-0.4, -0.2) is 6.04 Å². The lowest BCUT2D eigenvalue weighted by Crippen LogP contribution is -2.17. The lowest BCUT2D eigenvalue weighted by Gasteiger charge is -2.13. The molecule has 0 aliphatic heterocycles. The molecule has 1 heterocycles. The van der Waals surface area contributed by atoms with Gasteiger partial charge in [-0.3, -0.25) is 0 Å². The number of hydrogen-bond acceptors (Lipinski definition) is 3. The van der Waals surface area contributed by atoms with Gasteiger partial charge in [0.2, 0.25) is 0 Å². The number of nitrogens with two attached hydrogens (primary N) is 1. The van der Waals surface area contributed by atoms with Crippen LogP contribution in [0.4, 0.5) is 0 Å². The van der Waals surface area contributed by atoms with Crippen molar-refractivity contribution in [1.29, 1.82) is 0 Å². The molecule has 2 rings (SSSR count). The number of rotatable bonds is 5. The van der Waals surface area contributed by atoms with E-state index in [0.29, 0.717) is 6.61 Å². The van der Waals surface area contributed by atoms with Gasteiger partial charge >= 0.3 is 0 Å². The molecule has 2 nitrogen and oxygen atoms in total. The van der Waals surface area contributed by atoms with E-state index in [0.717, 1.165) is 21.1 Å². The van der Waals surface area contributed by atoms with E-state index < -0.39 is 0 Å². The minimum absolute atomic E-state index is 0.149. The van der Waals surface area contributed by atoms with Gasteiger partial charge in [0.1, 0.15) is 12.4 Å². The number of halogens is 2. The van der Waals surface area contributed by atoms with Crippen LogP contribution in [0.1, 0.15) is 18.1 Å². The fourth-order valence-electron chi connectivity index (χ4n) is 1.77. The third-order valence-electron chi connectivity index (χ3n) is 2.58. The molecule has 0 fully saturated rings. The molecule has 1 aromatic carbocycles. The third-order valence-corrected chi connectivity index (χ3v) is 4.49. The highest BCUT2D eigenvalue weighted by Crippen LogP contribution is 2.35. The molecule has 5 heteroatoms. The van der Waals surface area contributed by atoms with Gasteiger partial charge in [-0.1, -0.05) is 0 Å². The molecule has 2 N–H and O–H groups in total. The predicted molar refractivity (Wildman–Crippen MR) is 87.8 cm³/mol. The van der Waals surface area contributed by atoms with Crippen molar-refractivity contribution in [3.8, 4) is 5.75 Å². The van der Waals surface area contributed by atoms with Crippen LogP contribution in [0.15, 0.2) is 37.9 Å². The summed E-state index contributed by atoms with van der Waals surface area (Å²) in [6, 6.07) is 6.35. The zero-order valence-corrected chi connectivity index (χ0v) is 14.5. The van der Waals surface area contributed by atoms with Crippen LogP contribution in [0, 0.1) is 0 Å². The van der Waals surface area contributed by atoms with E-state index in [9.17, 15) is 0 Å². The highest BCUT2D eigenvalue weighted by atomic mass is 79.9.